The molecule has 8 heteroatoms. The number of aryl methyl sites for hydroxylation is 1. The number of hydrogen-bond acceptors (Lipinski definition) is 4. The molecular formula is C12H10ClF3N4. The van der Waals surface area contributed by atoms with Gasteiger partial charge in [0, 0.05) is 16.8 Å². The third-order valence-corrected chi connectivity index (χ3v) is 2.85. The molecule has 0 atom stereocenters. The van der Waals surface area contributed by atoms with E-state index in [1.807, 2.05) is 6.92 Å². The van der Waals surface area contributed by atoms with E-state index in [9.17, 15) is 13.2 Å². The lowest BCUT2D eigenvalue weighted by atomic mass is 10.2. The first kappa shape index (κ1) is 14.4. The number of nitrogens with two attached hydrogens (primary N) is 1. The Kier molecular flexibility index (Phi) is 3.71. The van der Waals surface area contributed by atoms with Crippen molar-refractivity contribution < 1.29 is 13.2 Å². The number of anilines is 3. The van der Waals surface area contributed by atoms with Crippen molar-refractivity contribution >= 4 is 28.9 Å². The van der Waals surface area contributed by atoms with Gasteiger partial charge in [0.1, 0.15) is 11.6 Å². The second-order valence-corrected chi connectivity index (χ2v) is 4.50. The molecule has 106 valence electrons. The molecule has 20 heavy (non-hydrogen) atoms. The van der Waals surface area contributed by atoms with Crippen LogP contribution in [0.15, 0.2) is 24.3 Å². The van der Waals surface area contributed by atoms with Crippen molar-refractivity contribution in [2.75, 3.05) is 11.1 Å². The van der Waals surface area contributed by atoms with Crippen molar-refractivity contribution in [1.29, 1.82) is 0 Å². The number of nitrogen functional groups attached to an aromatic ring is 1. The predicted molar refractivity (Wildman–Crippen MR) is 70.9 cm³/mol. The minimum absolute atomic E-state index is 0.0512. The van der Waals surface area contributed by atoms with Crippen LogP contribution in [0.5, 0.6) is 0 Å². The van der Waals surface area contributed by atoms with E-state index in [4.69, 9.17) is 17.3 Å². The smallest absolute Gasteiger partial charge is 0.384 e. The van der Waals surface area contributed by atoms with Crippen molar-refractivity contribution in [3.63, 3.8) is 0 Å². The summed E-state index contributed by atoms with van der Waals surface area (Å²) in [5.41, 5.74) is 6.71. The quantitative estimate of drug-likeness (QED) is 0.886. The van der Waals surface area contributed by atoms with Gasteiger partial charge in [-0.05, 0) is 24.6 Å². The number of aromatic nitrogens is 2. The number of alkyl halides is 3. The lowest BCUT2D eigenvalue weighted by Gasteiger charge is -2.10. The average molecular weight is 303 g/mol. The molecule has 0 bridgehead atoms. The number of hydrogen-bond donors (Lipinski definition) is 2. The highest BCUT2D eigenvalue weighted by atomic mass is 35.5. The Labute approximate surface area is 117 Å². The zero-order chi connectivity index (χ0) is 14.9. The Balaban J connectivity index is 2.33. The molecule has 0 radical (unpaired) electrons. The standard InChI is InChI=1S/C12H10ClF3N4/c1-6-2-3-7(4-8(6)13)18-10-5-9(17)19-11(20-10)12(14,15)16/h2-5H,1H3,(H3,17,18,19,20). The van der Waals surface area contributed by atoms with Crippen molar-refractivity contribution in [2.24, 2.45) is 0 Å². The van der Waals surface area contributed by atoms with Crippen LogP contribution in [0.3, 0.4) is 0 Å². The Hall–Kier alpha value is -2.02. The molecular weight excluding hydrogens is 293 g/mol. The summed E-state index contributed by atoms with van der Waals surface area (Å²) in [4.78, 5) is 6.54. The monoisotopic (exact) mass is 302 g/mol. The van der Waals surface area contributed by atoms with E-state index in [1.54, 1.807) is 18.2 Å². The number of halogens is 4. The highest BCUT2D eigenvalue weighted by Gasteiger charge is 2.35. The van der Waals surface area contributed by atoms with Gasteiger partial charge in [-0.25, -0.2) is 9.97 Å². The molecule has 3 N–H and O–H groups in total. The molecule has 0 amide bonds. The van der Waals surface area contributed by atoms with Crippen LogP contribution in [-0.4, -0.2) is 9.97 Å². The Bertz CT molecular complexity index is 643. The van der Waals surface area contributed by atoms with E-state index < -0.39 is 12.0 Å². The highest BCUT2D eigenvalue weighted by molar-refractivity contribution is 6.31. The van der Waals surface area contributed by atoms with Crippen LogP contribution >= 0.6 is 11.6 Å². The van der Waals surface area contributed by atoms with Gasteiger partial charge < -0.3 is 11.1 Å². The summed E-state index contributed by atoms with van der Waals surface area (Å²) in [7, 11) is 0. The van der Waals surface area contributed by atoms with Crippen LogP contribution < -0.4 is 11.1 Å². The molecule has 0 fully saturated rings. The van der Waals surface area contributed by atoms with Gasteiger partial charge in [-0.2, -0.15) is 13.2 Å². The lowest BCUT2D eigenvalue weighted by molar-refractivity contribution is -0.144. The van der Waals surface area contributed by atoms with Crippen molar-refractivity contribution in [3.8, 4) is 0 Å². The first-order valence-corrected chi connectivity index (χ1v) is 5.88. The van der Waals surface area contributed by atoms with Crippen LogP contribution in [0.1, 0.15) is 11.4 Å². The summed E-state index contributed by atoms with van der Waals surface area (Å²) in [5.74, 6) is -1.61. The van der Waals surface area contributed by atoms with Crippen molar-refractivity contribution in [1.82, 2.24) is 9.97 Å². The number of rotatable bonds is 2. The fraction of sp³-hybridized carbons (Fsp3) is 0.167. The molecule has 2 rings (SSSR count). The van der Waals surface area contributed by atoms with Gasteiger partial charge in [0.2, 0.25) is 5.82 Å². The average Bonchev–Trinajstić information content (AvgIpc) is 2.32. The third kappa shape index (κ3) is 3.30. The van der Waals surface area contributed by atoms with E-state index >= 15 is 0 Å². The molecule has 0 spiro atoms. The number of benzene rings is 1. The Morgan fingerprint density at radius 3 is 2.50 bits per heavy atom. The largest absolute Gasteiger partial charge is 0.451 e. The first-order valence-electron chi connectivity index (χ1n) is 5.50. The molecule has 2 aromatic rings. The predicted octanol–water partition coefficient (Wildman–Crippen LogP) is 3.78. The molecule has 0 saturated heterocycles. The minimum atomic E-state index is -4.66. The molecule has 0 aliphatic heterocycles. The van der Waals surface area contributed by atoms with Crippen LogP contribution in [0.4, 0.5) is 30.5 Å². The normalized spacial score (nSPS) is 11.4. The van der Waals surface area contributed by atoms with Gasteiger partial charge in [-0.1, -0.05) is 17.7 Å². The SMILES string of the molecule is Cc1ccc(Nc2cc(N)nc(C(F)(F)F)n2)cc1Cl. The van der Waals surface area contributed by atoms with Gasteiger partial charge in [0.05, 0.1) is 0 Å². The van der Waals surface area contributed by atoms with Gasteiger partial charge >= 0.3 is 6.18 Å². The fourth-order valence-corrected chi connectivity index (χ4v) is 1.66. The molecule has 4 nitrogen and oxygen atoms in total. The zero-order valence-corrected chi connectivity index (χ0v) is 11.0. The molecule has 0 aliphatic rings. The van der Waals surface area contributed by atoms with E-state index in [-0.39, 0.29) is 11.6 Å². The molecule has 0 saturated carbocycles. The fourth-order valence-electron chi connectivity index (χ4n) is 1.48. The number of nitrogens with zero attached hydrogens (tertiary/aromatic N) is 2. The van der Waals surface area contributed by atoms with Crippen molar-refractivity contribution in [3.05, 3.63) is 40.7 Å². The zero-order valence-electron chi connectivity index (χ0n) is 10.3. The molecule has 1 aromatic carbocycles. The summed E-state index contributed by atoms with van der Waals surface area (Å²) in [6.07, 6.45) is -4.66. The molecule has 0 aliphatic carbocycles. The van der Waals surface area contributed by atoms with E-state index in [2.05, 4.69) is 15.3 Å². The van der Waals surface area contributed by atoms with Crippen LogP contribution in [0.2, 0.25) is 5.02 Å². The molecule has 0 unspecified atom stereocenters. The van der Waals surface area contributed by atoms with E-state index in [1.165, 1.54) is 6.07 Å². The van der Waals surface area contributed by atoms with Crippen molar-refractivity contribution in [2.45, 2.75) is 13.1 Å². The number of nitrogens with one attached hydrogen (secondary N) is 1. The second kappa shape index (κ2) is 5.16. The topological polar surface area (TPSA) is 63.8 Å². The van der Waals surface area contributed by atoms with Crippen LogP contribution in [-0.2, 0) is 6.18 Å². The van der Waals surface area contributed by atoms with Gasteiger partial charge in [-0.15, -0.1) is 0 Å². The maximum Gasteiger partial charge on any atom is 0.451 e. The van der Waals surface area contributed by atoms with Crippen LogP contribution in [0.25, 0.3) is 0 Å². The van der Waals surface area contributed by atoms with E-state index in [0.29, 0.717) is 10.7 Å². The molecule has 1 heterocycles. The van der Waals surface area contributed by atoms with E-state index in [0.717, 1.165) is 5.56 Å². The van der Waals surface area contributed by atoms with Gasteiger partial charge in [0.15, 0.2) is 0 Å². The molecule has 1 aromatic heterocycles. The summed E-state index contributed by atoms with van der Waals surface area (Å²) in [6, 6.07) is 6.21. The Morgan fingerprint density at radius 2 is 1.90 bits per heavy atom. The summed E-state index contributed by atoms with van der Waals surface area (Å²) < 4.78 is 37.7. The maximum atomic E-state index is 12.6. The summed E-state index contributed by atoms with van der Waals surface area (Å²) >= 11 is 5.94. The summed E-state index contributed by atoms with van der Waals surface area (Å²) in [5, 5.41) is 3.20. The van der Waals surface area contributed by atoms with Gasteiger partial charge in [-0.3, -0.25) is 0 Å². The van der Waals surface area contributed by atoms with Gasteiger partial charge in [0.25, 0.3) is 0 Å². The summed E-state index contributed by atoms with van der Waals surface area (Å²) in [6.45, 7) is 1.82. The first-order chi connectivity index (χ1) is 9.25. The highest BCUT2D eigenvalue weighted by Crippen LogP contribution is 2.29. The van der Waals surface area contributed by atoms with Crippen LogP contribution in [0, 0.1) is 6.92 Å². The second-order valence-electron chi connectivity index (χ2n) is 4.09. The third-order valence-electron chi connectivity index (χ3n) is 2.44. The maximum absolute atomic E-state index is 12.6. The lowest BCUT2D eigenvalue weighted by Crippen LogP contribution is -2.13. The minimum Gasteiger partial charge on any atom is -0.384 e. The Morgan fingerprint density at radius 1 is 1.20 bits per heavy atom.